The molecule has 1 aromatic heterocycles. The van der Waals surface area contributed by atoms with Crippen LogP contribution in [0.25, 0.3) is 0 Å². The van der Waals surface area contributed by atoms with Crippen LogP contribution in [0.2, 0.25) is 5.02 Å². The van der Waals surface area contributed by atoms with E-state index in [9.17, 15) is 13.2 Å². The zero-order chi connectivity index (χ0) is 15.3. The van der Waals surface area contributed by atoms with E-state index in [2.05, 4.69) is 9.97 Å². The van der Waals surface area contributed by atoms with Crippen molar-refractivity contribution in [1.29, 1.82) is 0 Å². The standard InChI is InChI=1S/C13H10ClF3N2OS/c14-9-1-3-10(4-2-9)20-7-8-21-12-18-6-5-11(19-12)13(15,16)17/h1-6H,7-8H2. The molecule has 0 aliphatic rings. The van der Waals surface area contributed by atoms with E-state index in [4.69, 9.17) is 16.3 Å². The van der Waals surface area contributed by atoms with Crippen LogP contribution >= 0.6 is 23.4 Å². The minimum atomic E-state index is -4.46. The van der Waals surface area contributed by atoms with E-state index in [0.717, 1.165) is 24.0 Å². The van der Waals surface area contributed by atoms with Gasteiger partial charge in [0.05, 0.1) is 6.61 Å². The van der Waals surface area contributed by atoms with E-state index in [1.165, 1.54) is 0 Å². The van der Waals surface area contributed by atoms with E-state index in [0.29, 0.717) is 23.1 Å². The van der Waals surface area contributed by atoms with E-state index in [-0.39, 0.29) is 5.16 Å². The quantitative estimate of drug-likeness (QED) is 0.463. The van der Waals surface area contributed by atoms with Crippen LogP contribution in [-0.4, -0.2) is 22.3 Å². The number of hydrogen-bond acceptors (Lipinski definition) is 4. The Balaban J connectivity index is 1.82. The maximum absolute atomic E-state index is 12.5. The largest absolute Gasteiger partial charge is 0.493 e. The van der Waals surface area contributed by atoms with Gasteiger partial charge in [0.2, 0.25) is 0 Å². The molecule has 0 spiro atoms. The number of benzene rings is 1. The molecule has 0 aliphatic carbocycles. The second-order valence-corrected chi connectivity index (χ2v) is 5.37. The number of nitrogens with zero attached hydrogens (tertiary/aromatic N) is 2. The van der Waals surface area contributed by atoms with Gasteiger partial charge in [-0.2, -0.15) is 13.2 Å². The van der Waals surface area contributed by atoms with Crippen molar-refractivity contribution in [3.63, 3.8) is 0 Å². The van der Waals surface area contributed by atoms with E-state index >= 15 is 0 Å². The van der Waals surface area contributed by atoms with Crippen molar-refractivity contribution in [2.45, 2.75) is 11.3 Å². The van der Waals surface area contributed by atoms with Gasteiger partial charge in [-0.05, 0) is 30.3 Å². The molecule has 0 bridgehead atoms. The number of ether oxygens (including phenoxy) is 1. The van der Waals surface area contributed by atoms with Crippen molar-refractivity contribution in [2.75, 3.05) is 12.4 Å². The topological polar surface area (TPSA) is 35.0 Å². The third-order valence-electron chi connectivity index (χ3n) is 2.32. The highest BCUT2D eigenvalue weighted by Crippen LogP contribution is 2.28. The van der Waals surface area contributed by atoms with Gasteiger partial charge in [0, 0.05) is 17.0 Å². The molecule has 3 nitrogen and oxygen atoms in total. The van der Waals surface area contributed by atoms with Crippen LogP contribution in [-0.2, 0) is 6.18 Å². The lowest BCUT2D eigenvalue weighted by Crippen LogP contribution is -2.09. The summed E-state index contributed by atoms with van der Waals surface area (Å²) in [5.41, 5.74) is -0.946. The van der Waals surface area contributed by atoms with Crippen LogP contribution < -0.4 is 4.74 Å². The molecule has 0 N–H and O–H groups in total. The van der Waals surface area contributed by atoms with Gasteiger partial charge in [0.15, 0.2) is 5.16 Å². The van der Waals surface area contributed by atoms with Crippen molar-refractivity contribution in [2.24, 2.45) is 0 Å². The molecule has 112 valence electrons. The van der Waals surface area contributed by atoms with Crippen molar-refractivity contribution in [3.05, 3.63) is 47.2 Å². The number of rotatable bonds is 5. The Kier molecular flexibility index (Phi) is 5.30. The average molecular weight is 335 g/mol. The number of alkyl halides is 3. The second kappa shape index (κ2) is 7.00. The smallest absolute Gasteiger partial charge is 0.433 e. The molecule has 1 aromatic carbocycles. The Morgan fingerprint density at radius 2 is 1.86 bits per heavy atom. The van der Waals surface area contributed by atoms with Crippen LogP contribution in [0.1, 0.15) is 5.69 Å². The number of halogens is 4. The fourth-order valence-corrected chi connectivity index (χ4v) is 2.17. The maximum Gasteiger partial charge on any atom is 0.433 e. The van der Waals surface area contributed by atoms with Crippen LogP contribution in [0.5, 0.6) is 5.75 Å². The van der Waals surface area contributed by atoms with Crippen LogP contribution in [0.15, 0.2) is 41.7 Å². The molecule has 0 radical (unpaired) electrons. The van der Waals surface area contributed by atoms with E-state index in [1.807, 2.05) is 0 Å². The summed E-state index contributed by atoms with van der Waals surface area (Å²) >= 11 is 6.84. The number of aromatic nitrogens is 2. The number of hydrogen-bond donors (Lipinski definition) is 0. The normalized spacial score (nSPS) is 11.4. The molecule has 1 heterocycles. The minimum absolute atomic E-state index is 0.0736. The van der Waals surface area contributed by atoms with Crippen molar-refractivity contribution < 1.29 is 17.9 Å². The maximum atomic E-state index is 12.5. The fraction of sp³-hybridized carbons (Fsp3) is 0.231. The summed E-state index contributed by atoms with van der Waals surface area (Å²) in [5.74, 6) is 1.08. The second-order valence-electron chi connectivity index (χ2n) is 3.87. The predicted molar refractivity (Wildman–Crippen MR) is 74.7 cm³/mol. The van der Waals surface area contributed by atoms with Gasteiger partial charge in [-0.3, -0.25) is 0 Å². The van der Waals surface area contributed by atoms with Gasteiger partial charge in [-0.15, -0.1) is 0 Å². The summed E-state index contributed by atoms with van der Waals surface area (Å²) in [5, 5.41) is 0.679. The fourth-order valence-electron chi connectivity index (χ4n) is 1.39. The highest BCUT2D eigenvalue weighted by molar-refractivity contribution is 7.99. The zero-order valence-corrected chi connectivity index (χ0v) is 12.2. The molecule has 0 atom stereocenters. The molecule has 2 rings (SSSR count). The third-order valence-corrected chi connectivity index (χ3v) is 3.40. The first kappa shape index (κ1) is 15.9. The first-order valence-corrected chi connectivity index (χ1v) is 7.23. The lowest BCUT2D eigenvalue weighted by molar-refractivity contribution is -0.141. The molecule has 21 heavy (non-hydrogen) atoms. The Morgan fingerprint density at radius 1 is 1.14 bits per heavy atom. The molecule has 0 unspecified atom stereocenters. The van der Waals surface area contributed by atoms with Gasteiger partial charge in [0.25, 0.3) is 0 Å². The minimum Gasteiger partial charge on any atom is -0.493 e. The van der Waals surface area contributed by atoms with Crippen LogP contribution in [0.3, 0.4) is 0 Å². The van der Waals surface area contributed by atoms with Crippen molar-refractivity contribution in [1.82, 2.24) is 9.97 Å². The molecular formula is C13H10ClF3N2OS. The lowest BCUT2D eigenvalue weighted by atomic mass is 10.3. The molecule has 2 aromatic rings. The lowest BCUT2D eigenvalue weighted by Gasteiger charge is -2.07. The molecule has 0 aliphatic heterocycles. The molecule has 0 saturated carbocycles. The molecule has 8 heteroatoms. The molecule has 0 amide bonds. The summed E-state index contributed by atoms with van der Waals surface area (Å²) in [6, 6.07) is 7.66. The van der Waals surface area contributed by atoms with Crippen LogP contribution in [0.4, 0.5) is 13.2 Å². The Morgan fingerprint density at radius 3 is 2.52 bits per heavy atom. The van der Waals surface area contributed by atoms with Gasteiger partial charge < -0.3 is 4.74 Å². The summed E-state index contributed by atoms with van der Waals surface area (Å²) in [7, 11) is 0. The Bertz CT molecular complexity index is 593. The zero-order valence-electron chi connectivity index (χ0n) is 10.6. The molecule has 0 saturated heterocycles. The van der Waals surface area contributed by atoms with E-state index in [1.54, 1.807) is 24.3 Å². The average Bonchev–Trinajstić information content (AvgIpc) is 2.45. The summed E-state index contributed by atoms with van der Waals surface area (Å²) in [6.07, 6.45) is -3.36. The highest BCUT2D eigenvalue weighted by Gasteiger charge is 2.32. The summed E-state index contributed by atoms with van der Waals surface area (Å²) in [6.45, 7) is 0.325. The monoisotopic (exact) mass is 334 g/mol. The van der Waals surface area contributed by atoms with Gasteiger partial charge in [-0.25, -0.2) is 9.97 Å². The first-order chi connectivity index (χ1) is 9.95. The SMILES string of the molecule is FC(F)(F)c1ccnc(SCCOc2ccc(Cl)cc2)n1. The molecule has 0 fully saturated rings. The number of thioether (sulfide) groups is 1. The Labute approximate surface area is 128 Å². The van der Waals surface area contributed by atoms with Gasteiger partial charge >= 0.3 is 6.18 Å². The first-order valence-electron chi connectivity index (χ1n) is 5.86. The summed E-state index contributed by atoms with van der Waals surface area (Å²) in [4.78, 5) is 7.24. The van der Waals surface area contributed by atoms with Gasteiger partial charge in [-0.1, -0.05) is 23.4 Å². The van der Waals surface area contributed by atoms with E-state index < -0.39 is 11.9 Å². The summed E-state index contributed by atoms with van der Waals surface area (Å²) < 4.78 is 42.8. The third kappa shape index (κ3) is 5.09. The van der Waals surface area contributed by atoms with Crippen molar-refractivity contribution >= 4 is 23.4 Å². The van der Waals surface area contributed by atoms with Crippen molar-refractivity contribution in [3.8, 4) is 5.75 Å². The Hall–Kier alpha value is -1.47. The van der Waals surface area contributed by atoms with Crippen LogP contribution in [0, 0.1) is 0 Å². The highest BCUT2D eigenvalue weighted by atomic mass is 35.5. The van der Waals surface area contributed by atoms with Gasteiger partial charge in [0.1, 0.15) is 11.4 Å². The predicted octanol–water partition coefficient (Wildman–Crippen LogP) is 4.32. The molecular weight excluding hydrogens is 325 g/mol.